The maximum atomic E-state index is 11.6. The van der Waals surface area contributed by atoms with Gasteiger partial charge in [0.25, 0.3) is 5.56 Å². The van der Waals surface area contributed by atoms with Crippen molar-refractivity contribution in [2.45, 2.75) is 6.42 Å². The highest BCUT2D eigenvalue weighted by Gasteiger charge is 2.04. The van der Waals surface area contributed by atoms with Crippen molar-refractivity contribution >= 4 is 16.6 Å². The Balaban J connectivity index is 2.23. The molecule has 3 N–H and O–H groups in total. The van der Waals surface area contributed by atoms with Crippen LogP contribution < -0.4 is 16.2 Å². The summed E-state index contributed by atoms with van der Waals surface area (Å²) < 4.78 is 0. The summed E-state index contributed by atoms with van der Waals surface area (Å²) in [5, 5.41) is 14.4. The van der Waals surface area contributed by atoms with Crippen LogP contribution in [-0.2, 0) is 0 Å². The fourth-order valence-corrected chi connectivity index (χ4v) is 1.72. The number of aromatic amines is 1. The maximum absolute atomic E-state index is 11.6. The summed E-state index contributed by atoms with van der Waals surface area (Å²) in [6.45, 7) is 1.78. The first-order chi connectivity index (χ1) is 8.33. The highest BCUT2D eigenvalue weighted by molar-refractivity contribution is 5.90. The number of aromatic nitrogens is 2. The van der Waals surface area contributed by atoms with Gasteiger partial charge in [0.1, 0.15) is 0 Å². The SMILES string of the molecule is CNCCCNc1n[nH]c(=O)c2ccccc12. The lowest BCUT2D eigenvalue weighted by atomic mass is 10.2. The molecule has 0 saturated carbocycles. The average Bonchev–Trinajstić information content (AvgIpc) is 2.37. The van der Waals surface area contributed by atoms with Crippen molar-refractivity contribution in [2.75, 3.05) is 25.5 Å². The molecule has 2 aromatic rings. The number of anilines is 1. The Kier molecular flexibility index (Phi) is 3.72. The number of hydrogen-bond donors (Lipinski definition) is 3. The van der Waals surface area contributed by atoms with E-state index in [1.165, 1.54) is 0 Å². The van der Waals surface area contributed by atoms with Crippen molar-refractivity contribution in [1.29, 1.82) is 0 Å². The zero-order valence-corrected chi connectivity index (χ0v) is 9.79. The monoisotopic (exact) mass is 232 g/mol. The van der Waals surface area contributed by atoms with E-state index >= 15 is 0 Å². The van der Waals surface area contributed by atoms with Crippen molar-refractivity contribution in [3.63, 3.8) is 0 Å². The molecule has 0 saturated heterocycles. The van der Waals surface area contributed by atoms with E-state index in [1.807, 2.05) is 25.2 Å². The van der Waals surface area contributed by atoms with E-state index in [2.05, 4.69) is 20.8 Å². The van der Waals surface area contributed by atoms with Crippen LogP contribution in [0.4, 0.5) is 5.82 Å². The summed E-state index contributed by atoms with van der Waals surface area (Å²) in [6, 6.07) is 7.46. The minimum Gasteiger partial charge on any atom is -0.368 e. The Labute approximate surface area is 99.2 Å². The molecule has 17 heavy (non-hydrogen) atoms. The summed E-state index contributed by atoms with van der Waals surface area (Å²) in [6.07, 6.45) is 1.01. The van der Waals surface area contributed by atoms with Crippen LogP contribution in [0.25, 0.3) is 10.8 Å². The number of H-pyrrole nitrogens is 1. The molecule has 0 aliphatic carbocycles. The van der Waals surface area contributed by atoms with Gasteiger partial charge >= 0.3 is 0 Å². The van der Waals surface area contributed by atoms with Crippen LogP contribution in [0, 0.1) is 0 Å². The fourth-order valence-electron chi connectivity index (χ4n) is 1.72. The lowest BCUT2D eigenvalue weighted by Gasteiger charge is -2.07. The van der Waals surface area contributed by atoms with Gasteiger partial charge in [-0.05, 0) is 26.1 Å². The molecule has 0 atom stereocenters. The molecular weight excluding hydrogens is 216 g/mol. The van der Waals surface area contributed by atoms with Gasteiger partial charge in [-0.15, -0.1) is 0 Å². The molecule has 90 valence electrons. The Bertz CT molecular complexity index is 549. The van der Waals surface area contributed by atoms with Crippen molar-refractivity contribution in [3.8, 4) is 0 Å². The lowest BCUT2D eigenvalue weighted by molar-refractivity contribution is 0.746. The first-order valence-corrected chi connectivity index (χ1v) is 5.69. The van der Waals surface area contributed by atoms with Gasteiger partial charge in [0, 0.05) is 11.9 Å². The molecule has 0 unspecified atom stereocenters. The number of hydrogen-bond acceptors (Lipinski definition) is 4. The van der Waals surface area contributed by atoms with Crippen LogP contribution >= 0.6 is 0 Å². The number of benzene rings is 1. The first-order valence-electron chi connectivity index (χ1n) is 5.69. The lowest BCUT2D eigenvalue weighted by Crippen LogP contribution is -2.16. The third kappa shape index (κ3) is 2.62. The Hall–Kier alpha value is -1.88. The number of rotatable bonds is 5. The van der Waals surface area contributed by atoms with Crippen LogP contribution in [0.15, 0.2) is 29.1 Å². The molecule has 5 nitrogen and oxygen atoms in total. The molecule has 0 amide bonds. The van der Waals surface area contributed by atoms with Gasteiger partial charge in [0.05, 0.1) is 5.39 Å². The first kappa shape index (κ1) is 11.6. The van der Waals surface area contributed by atoms with Gasteiger partial charge in [-0.1, -0.05) is 18.2 Å². The van der Waals surface area contributed by atoms with Gasteiger partial charge in [-0.25, -0.2) is 5.10 Å². The van der Waals surface area contributed by atoms with E-state index in [9.17, 15) is 4.79 Å². The van der Waals surface area contributed by atoms with E-state index in [0.717, 1.165) is 30.7 Å². The Morgan fingerprint density at radius 3 is 2.76 bits per heavy atom. The predicted octanol–water partition coefficient (Wildman–Crippen LogP) is 0.944. The quantitative estimate of drug-likeness (QED) is 0.671. The van der Waals surface area contributed by atoms with Gasteiger partial charge < -0.3 is 10.6 Å². The summed E-state index contributed by atoms with van der Waals surface area (Å²) in [5.41, 5.74) is -0.152. The summed E-state index contributed by atoms with van der Waals surface area (Å²) in [7, 11) is 1.92. The number of fused-ring (bicyclic) bond motifs is 1. The smallest absolute Gasteiger partial charge is 0.272 e. The molecule has 5 heteroatoms. The molecule has 2 rings (SSSR count). The zero-order chi connectivity index (χ0) is 12.1. The molecule has 1 heterocycles. The fraction of sp³-hybridized carbons (Fsp3) is 0.333. The normalized spacial score (nSPS) is 10.6. The molecule has 0 aliphatic heterocycles. The van der Waals surface area contributed by atoms with Gasteiger partial charge in [0.15, 0.2) is 5.82 Å². The molecule has 1 aromatic heterocycles. The second-order valence-corrected chi connectivity index (χ2v) is 3.83. The largest absolute Gasteiger partial charge is 0.368 e. The van der Waals surface area contributed by atoms with Crippen LogP contribution in [0.3, 0.4) is 0 Å². The zero-order valence-electron chi connectivity index (χ0n) is 9.79. The number of nitrogens with zero attached hydrogens (tertiary/aromatic N) is 1. The van der Waals surface area contributed by atoms with E-state index in [4.69, 9.17) is 0 Å². The minimum atomic E-state index is -0.152. The standard InChI is InChI=1S/C12H16N4O/c1-13-7-4-8-14-11-9-5-2-3-6-10(9)12(17)16-15-11/h2-3,5-6,13H,4,7-8H2,1H3,(H,14,15)(H,16,17). The molecule has 0 aliphatic rings. The van der Waals surface area contributed by atoms with Crippen molar-refractivity contribution in [1.82, 2.24) is 15.5 Å². The van der Waals surface area contributed by atoms with Gasteiger partial charge in [0.2, 0.25) is 0 Å². The van der Waals surface area contributed by atoms with Crippen LogP contribution in [-0.4, -0.2) is 30.3 Å². The highest BCUT2D eigenvalue weighted by Crippen LogP contribution is 2.16. The van der Waals surface area contributed by atoms with E-state index in [1.54, 1.807) is 6.07 Å². The van der Waals surface area contributed by atoms with Crippen LogP contribution in [0.1, 0.15) is 6.42 Å². The molecule has 0 fully saturated rings. The molecule has 0 radical (unpaired) electrons. The number of nitrogens with one attached hydrogen (secondary N) is 3. The third-order valence-electron chi connectivity index (χ3n) is 2.59. The Morgan fingerprint density at radius 2 is 2.00 bits per heavy atom. The van der Waals surface area contributed by atoms with Crippen molar-refractivity contribution in [3.05, 3.63) is 34.6 Å². The molecular formula is C12H16N4O. The third-order valence-corrected chi connectivity index (χ3v) is 2.59. The Morgan fingerprint density at radius 1 is 1.24 bits per heavy atom. The summed E-state index contributed by atoms with van der Waals surface area (Å²) >= 11 is 0. The maximum Gasteiger partial charge on any atom is 0.272 e. The van der Waals surface area contributed by atoms with E-state index in [0.29, 0.717) is 5.39 Å². The van der Waals surface area contributed by atoms with Gasteiger partial charge in [-0.2, -0.15) is 5.10 Å². The molecule has 1 aromatic carbocycles. The summed E-state index contributed by atoms with van der Waals surface area (Å²) in [4.78, 5) is 11.6. The predicted molar refractivity (Wildman–Crippen MR) is 69.4 cm³/mol. The van der Waals surface area contributed by atoms with Crippen LogP contribution in [0.5, 0.6) is 0 Å². The summed E-state index contributed by atoms with van der Waals surface area (Å²) in [5.74, 6) is 0.733. The van der Waals surface area contributed by atoms with Gasteiger partial charge in [-0.3, -0.25) is 4.79 Å². The highest BCUT2D eigenvalue weighted by atomic mass is 16.1. The minimum absolute atomic E-state index is 0.152. The second kappa shape index (κ2) is 5.45. The molecule has 0 spiro atoms. The van der Waals surface area contributed by atoms with E-state index in [-0.39, 0.29) is 5.56 Å². The van der Waals surface area contributed by atoms with Crippen LogP contribution in [0.2, 0.25) is 0 Å². The van der Waals surface area contributed by atoms with Crippen molar-refractivity contribution in [2.24, 2.45) is 0 Å². The average molecular weight is 232 g/mol. The second-order valence-electron chi connectivity index (χ2n) is 3.83. The van der Waals surface area contributed by atoms with Crippen molar-refractivity contribution < 1.29 is 0 Å². The molecule has 0 bridgehead atoms. The van der Waals surface area contributed by atoms with E-state index < -0.39 is 0 Å². The topological polar surface area (TPSA) is 69.8 Å².